The van der Waals surface area contributed by atoms with E-state index >= 15 is 0 Å². The number of rotatable bonds is 3. The van der Waals surface area contributed by atoms with Crippen molar-refractivity contribution in [3.63, 3.8) is 0 Å². The third-order valence-corrected chi connectivity index (χ3v) is 4.38. The average molecular weight is 283 g/mol. The summed E-state index contributed by atoms with van der Waals surface area (Å²) >= 11 is 0. The fourth-order valence-corrected chi connectivity index (χ4v) is 3.30. The third-order valence-electron chi connectivity index (χ3n) is 4.38. The molecule has 0 bridgehead atoms. The van der Waals surface area contributed by atoms with Gasteiger partial charge in [-0.3, -0.25) is 4.79 Å². The summed E-state index contributed by atoms with van der Waals surface area (Å²) in [4.78, 5) is 11.7. The maximum Gasteiger partial charge on any atom is 0.311 e. The molecular weight excluding hydrogens is 264 g/mol. The highest BCUT2D eigenvalue weighted by molar-refractivity contribution is 5.80. The molecule has 0 saturated heterocycles. The zero-order valence-corrected chi connectivity index (χ0v) is 11.5. The van der Waals surface area contributed by atoms with Crippen LogP contribution in [0.1, 0.15) is 50.5 Å². The molecule has 20 heavy (non-hydrogen) atoms. The fraction of sp³-hybridized carbons (Fsp3) is 0.533. The molecule has 2 rings (SSSR count). The predicted octanol–water partition coefficient (Wildman–Crippen LogP) is 3.69. The van der Waals surface area contributed by atoms with Crippen LogP contribution in [0.15, 0.2) is 12.1 Å². The third kappa shape index (κ3) is 2.62. The number of nitrogen functional groups attached to an aromatic ring is 1. The van der Waals surface area contributed by atoms with E-state index in [4.69, 9.17) is 5.73 Å². The summed E-state index contributed by atoms with van der Waals surface area (Å²) in [6.07, 6.45) is 4.37. The first kappa shape index (κ1) is 14.8. The number of carboxylic acids is 1. The summed E-state index contributed by atoms with van der Waals surface area (Å²) in [6, 6.07) is 1.73. The topological polar surface area (TPSA) is 63.3 Å². The SMILES string of the molecule is CC1(C(C(=O)O)c2cc(F)cc(F)c2N)CCCCC1. The van der Waals surface area contributed by atoms with Crippen molar-refractivity contribution in [1.82, 2.24) is 0 Å². The van der Waals surface area contributed by atoms with Crippen LogP contribution in [0.3, 0.4) is 0 Å². The monoisotopic (exact) mass is 283 g/mol. The van der Waals surface area contributed by atoms with Crippen LogP contribution >= 0.6 is 0 Å². The van der Waals surface area contributed by atoms with E-state index in [9.17, 15) is 18.7 Å². The van der Waals surface area contributed by atoms with Crippen molar-refractivity contribution in [2.45, 2.75) is 44.9 Å². The van der Waals surface area contributed by atoms with E-state index in [0.29, 0.717) is 6.07 Å². The van der Waals surface area contributed by atoms with E-state index in [1.165, 1.54) is 0 Å². The average Bonchev–Trinajstić information content (AvgIpc) is 2.35. The largest absolute Gasteiger partial charge is 0.481 e. The van der Waals surface area contributed by atoms with Crippen molar-refractivity contribution in [2.24, 2.45) is 5.41 Å². The van der Waals surface area contributed by atoms with Gasteiger partial charge in [0.05, 0.1) is 11.6 Å². The molecule has 1 atom stereocenters. The van der Waals surface area contributed by atoms with E-state index in [2.05, 4.69) is 0 Å². The Kier molecular flexibility index (Phi) is 3.97. The number of carbonyl (C=O) groups is 1. The van der Waals surface area contributed by atoms with Crippen LogP contribution < -0.4 is 5.73 Å². The number of nitrogens with two attached hydrogens (primary N) is 1. The molecule has 3 nitrogen and oxygen atoms in total. The highest BCUT2D eigenvalue weighted by Gasteiger charge is 2.42. The molecular formula is C15H19F2NO2. The molecule has 1 aliphatic carbocycles. The number of benzene rings is 1. The maximum atomic E-state index is 13.6. The lowest BCUT2D eigenvalue weighted by Crippen LogP contribution is -2.34. The van der Waals surface area contributed by atoms with Crippen LogP contribution in [0.2, 0.25) is 0 Å². The molecule has 110 valence electrons. The number of carboxylic acid groups (broad SMARTS) is 1. The van der Waals surface area contributed by atoms with Crippen LogP contribution in [0.5, 0.6) is 0 Å². The lowest BCUT2D eigenvalue weighted by atomic mass is 9.65. The Morgan fingerprint density at radius 2 is 1.90 bits per heavy atom. The van der Waals surface area contributed by atoms with Crippen LogP contribution in [-0.4, -0.2) is 11.1 Å². The summed E-state index contributed by atoms with van der Waals surface area (Å²) < 4.78 is 27.0. The molecule has 1 saturated carbocycles. The molecule has 5 heteroatoms. The molecule has 0 aromatic heterocycles. The molecule has 1 aliphatic rings. The van der Waals surface area contributed by atoms with Crippen molar-refractivity contribution < 1.29 is 18.7 Å². The smallest absolute Gasteiger partial charge is 0.311 e. The molecule has 1 aromatic carbocycles. The van der Waals surface area contributed by atoms with Gasteiger partial charge in [-0.1, -0.05) is 26.2 Å². The number of aliphatic carboxylic acids is 1. The standard InChI is InChI=1S/C15H19F2NO2/c1-15(5-3-2-4-6-15)12(14(19)20)10-7-9(16)8-11(17)13(10)18/h7-8,12H,2-6,18H2,1H3,(H,19,20). The molecule has 1 unspecified atom stereocenters. The number of halogens is 2. The number of hydrogen-bond donors (Lipinski definition) is 2. The first-order valence-electron chi connectivity index (χ1n) is 6.82. The van der Waals surface area contributed by atoms with Gasteiger partial charge in [-0.25, -0.2) is 8.78 Å². The van der Waals surface area contributed by atoms with Gasteiger partial charge in [-0.2, -0.15) is 0 Å². The van der Waals surface area contributed by atoms with Gasteiger partial charge in [0, 0.05) is 6.07 Å². The number of hydrogen-bond acceptors (Lipinski definition) is 2. The first-order valence-corrected chi connectivity index (χ1v) is 6.82. The van der Waals surface area contributed by atoms with Gasteiger partial charge in [0.25, 0.3) is 0 Å². The normalized spacial score (nSPS) is 19.6. The summed E-state index contributed by atoms with van der Waals surface area (Å²) in [5, 5.41) is 9.55. The molecule has 0 spiro atoms. The Morgan fingerprint density at radius 3 is 2.45 bits per heavy atom. The summed E-state index contributed by atoms with van der Waals surface area (Å²) in [7, 11) is 0. The fourth-order valence-electron chi connectivity index (χ4n) is 3.30. The van der Waals surface area contributed by atoms with Crippen molar-refractivity contribution in [3.8, 4) is 0 Å². The Morgan fingerprint density at radius 1 is 1.30 bits per heavy atom. The highest BCUT2D eigenvalue weighted by atomic mass is 19.1. The van der Waals surface area contributed by atoms with Crippen LogP contribution in [-0.2, 0) is 4.79 Å². The van der Waals surface area contributed by atoms with Gasteiger partial charge in [-0.05, 0) is 29.9 Å². The van der Waals surface area contributed by atoms with Gasteiger partial charge in [0.1, 0.15) is 11.6 Å². The van der Waals surface area contributed by atoms with Crippen molar-refractivity contribution in [1.29, 1.82) is 0 Å². The molecule has 3 N–H and O–H groups in total. The lowest BCUT2D eigenvalue weighted by molar-refractivity contribution is -0.142. The summed E-state index contributed by atoms with van der Waals surface area (Å²) in [6.45, 7) is 1.87. The van der Waals surface area contributed by atoms with Crippen molar-refractivity contribution >= 4 is 11.7 Å². The van der Waals surface area contributed by atoms with Crippen LogP contribution in [0.4, 0.5) is 14.5 Å². The number of anilines is 1. The van der Waals surface area contributed by atoms with Gasteiger partial charge in [0.2, 0.25) is 0 Å². The van der Waals surface area contributed by atoms with E-state index in [1.54, 1.807) is 0 Å². The minimum absolute atomic E-state index is 0.0550. The summed E-state index contributed by atoms with van der Waals surface area (Å²) in [5.74, 6) is -3.75. The second-order valence-corrected chi connectivity index (χ2v) is 5.88. The molecule has 1 aromatic rings. The minimum atomic E-state index is -1.08. The Hall–Kier alpha value is -1.65. The van der Waals surface area contributed by atoms with Gasteiger partial charge >= 0.3 is 5.97 Å². The second kappa shape index (κ2) is 5.38. The zero-order valence-electron chi connectivity index (χ0n) is 11.5. The van der Waals surface area contributed by atoms with Gasteiger partial charge in [-0.15, -0.1) is 0 Å². The van der Waals surface area contributed by atoms with E-state index in [1.807, 2.05) is 6.92 Å². The molecule has 1 fully saturated rings. The van der Waals surface area contributed by atoms with E-state index in [-0.39, 0.29) is 11.3 Å². The minimum Gasteiger partial charge on any atom is -0.481 e. The highest BCUT2D eigenvalue weighted by Crippen LogP contribution is 2.48. The second-order valence-electron chi connectivity index (χ2n) is 5.88. The molecule has 0 radical (unpaired) electrons. The van der Waals surface area contributed by atoms with Crippen molar-refractivity contribution in [3.05, 3.63) is 29.3 Å². The van der Waals surface area contributed by atoms with Crippen molar-refractivity contribution in [2.75, 3.05) is 5.73 Å². The van der Waals surface area contributed by atoms with Gasteiger partial charge in [0.15, 0.2) is 0 Å². The molecule has 0 amide bonds. The Labute approximate surface area is 116 Å². The quantitative estimate of drug-likeness (QED) is 0.832. The van der Waals surface area contributed by atoms with E-state index < -0.39 is 28.9 Å². The Bertz CT molecular complexity index is 525. The first-order chi connectivity index (χ1) is 9.35. The Balaban J connectivity index is 2.51. The van der Waals surface area contributed by atoms with Crippen LogP contribution in [0, 0.1) is 17.0 Å². The zero-order chi connectivity index (χ0) is 14.9. The maximum absolute atomic E-state index is 13.6. The molecule has 0 aliphatic heterocycles. The van der Waals surface area contributed by atoms with Gasteiger partial charge < -0.3 is 10.8 Å². The predicted molar refractivity (Wildman–Crippen MR) is 72.3 cm³/mol. The summed E-state index contributed by atoms with van der Waals surface area (Å²) in [5.41, 5.74) is 4.93. The lowest BCUT2D eigenvalue weighted by Gasteiger charge is -2.39. The van der Waals surface area contributed by atoms with Crippen LogP contribution in [0.25, 0.3) is 0 Å². The van der Waals surface area contributed by atoms with E-state index in [0.717, 1.165) is 38.2 Å². The molecule has 0 heterocycles.